The van der Waals surface area contributed by atoms with E-state index in [2.05, 4.69) is 47.6 Å². The van der Waals surface area contributed by atoms with E-state index >= 15 is 0 Å². The molecule has 7 nitrogen and oxygen atoms in total. The highest BCUT2D eigenvalue weighted by molar-refractivity contribution is 6.30. The first-order valence-corrected chi connectivity index (χ1v) is 14.4. The first-order valence-electron chi connectivity index (χ1n) is 14.1. The number of fused-ring (bicyclic) bond motifs is 1. The molecule has 1 aliphatic rings. The van der Waals surface area contributed by atoms with E-state index in [0.717, 1.165) is 64.7 Å². The van der Waals surface area contributed by atoms with Crippen molar-refractivity contribution < 1.29 is 19.0 Å². The first kappa shape index (κ1) is 28.7. The van der Waals surface area contributed by atoms with Crippen molar-refractivity contribution in [2.75, 3.05) is 20.3 Å². The third kappa shape index (κ3) is 6.75. The van der Waals surface area contributed by atoms with Crippen molar-refractivity contribution in [3.63, 3.8) is 0 Å². The molecule has 0 spiro atoms. The van der Waals surface area contributed by atoms with Gasteiger partial charge in [-0.15, -0.1) is 0 Å². The molecule has 8 heteroatoms. The van der Waals surface area contributed by atoms with Crippen LogP contribution in [0.3, 0.4) is 0 Å². The number of methoxy groups -OCH3 is 1. The zero-order chi connectivity index (χ0) is 28.8. The summed E-state index contributed by atoms with van der Waals surface area (Å²) in [4.78, 5) is 19.2. The van der Waals surface area contributed by atoms with E-state index in [4.69, 9.17) is 30.8 Å². The number of halogens is 1. The van der Waals surface area contributed by atoms with E-state index in [1.165, 1.54) is 7.11 Å². The Labute approximate surface area is 246 Å². The Morgan fingerprint density at radius 1 is 0.976 bits per heavy atom. The summed E-state index contributed by atoms with van der Waals surface area (Å²) in [5.41, 5.74) is 5.95. The van der Waals surface area contributed by atoms with Crippen LogP contribution in [-0.4, -0.2) is 40.7 Å². The molecule has 0 saturated carbocycles. The maximum Gasteiger partial charge on any atom is 0.337 e. The average molecular weight is 574 g/mol. The van der Waals surface area contributed by atoms with Gasteiger partial charge in [0.1, 0.15) is 19.0 Å². The molecular formula is C33H36ClN3O4. The molecule has 0 bridgehead atoms. The van der Waals surface area contributed by atoms with Gasteiger partial charge in [-0.1, -0.05) is 67.4 Å². The number of ether oxygens (including phenoxy) is 3. The fourth-order valence-corrected chi connectivity index (χ4v) is 5.38. The predicted molar refractivity (Wildman–Crippen MR) is 160 cm³/mol. The number of nitrogens with zero attached hydrogens (tertiary/aromatic N) is 3. The maximum atomic E-state index is 12.0. The number of hydrogen-bond donors (Lipinski definition) is 0. The van der Waals surface area contributed by atoms with Crippen LogP contribution in [0.25, 0.3) is 11.4 Å². The monoisotopic (exact) mass is 573 g/mol. The number of esters is 1. The van der Waals surface area contributed by atoms with E-state index in [-0.39, 0.29) is 5.97 Å². The summed E-state index contributed by atoms with van der Waals surface area (Å²) in [6.07, 6.45) is 2.09. The summed E-state index contributed by atoms with van der Waals surface area (Å²) in [5.74, 6) is 2.09. The molecule has 214 valence electrons. The predicted octanol–water partition coefficient (Wildman–Crippen LogP) is 7.07. The van der Waals surface area contributed by atoms with Gasteiger partial charge in [-0.2, -0.15) is 0 Å². The molecule has 1 aromatic heterocycles. The van der Waals surface area contributed by atoms with Crippen LogP contribution >= 0.6 is 11.6 Å². The normalized spacial score (nSPS) is 12.5. The van der Waals surface area contributed by atoms with Crippen LogP contribution in [-0.2, 0) is 30.9 Å². The lowest BCUT2D eigenvalue weighted by atomic mass is 10.1. The number of carbonyl (C=O) groups is 1. The zero-order valence-electron chi connectivity index (χ0n) is 23.9. The van der Waals surface area contributed by atoms with Gasteiger partial charge < -0.3 is 18.8 Å². The summed E-state index contributed by atoms with van der Waals surface area (Å²) >= 11 is 6.90. The molecule has 0 aliphatic carbocycles. The van der Waals surface area contributed by atoms with Crippen LogP contribution < -0.4 is 9.47 Å². The molecule has 3 aromatic carbocycles. The molecular weight excluding hydrogens is 538 g/mol. The largest absolute Gasteiger partial charge is 0.486 e. The summed E-state index contributed by atoms with van der Waals surface area (Å²) in [5, 5.41) is 0.521. The number of hydrogen-bond acceptors (Lipinski definition) is 6. The number of imidazole rings is 1. The van der Waals surface area contributed by atoms with Crippen molar-refractivity contribution in [1.29, 1.82) is 0 Å². The van der Waals surface area contributed by atoms with E-state index in [0.29, 0.717) is 43.6 Å². The molecule has 2 heterocycles. The van der Waals surface area contributed by atoms with Crippen LogP contribution in [0.1, 0.15) is 52.5 Å². The topological polar surface area (TPSA) is 65.8 Å². The number of aryl methyl sites for hydroxylation is 1. The Balaban J connectivity index is 1.49. The second-order valence-corrected chi connectivity index (χ2v) is 10.7. The Bertz CT molecular complexity index is 1500. The highest BCUT2D eigenvalue weighted by atomic mass is 35.5. The quantitative estimate of drug-likeness (QED) is 0.179. The third-order valence-electron chi connectivity index (χ3n) is 7.31. The molecule has 5 rings (SSSR count). The number of rotatable bonds is 11. The number of unbranched alkanes of at least 4 members (excludes halogenated alkanes) is 1. The summed E-state index contributed by atoms with van der Waals surface area (Å²) in [6.45, 7) is 8.13. The lowest BCUT2D eigenvalue weighted by molar-refractivity contribution is 0.0600. The Morgan fingerprint density at radius 2 is 1.68 bits per heavy atom. The van der Waals surface area contributed by atoms with Crippen molar-refractivity contribution in [1.82, 2.24) is 14.5 Å². The van der Waals surface area contributed by atoms with Crippen molar-refractivity contribution in [2.24, 2.45) is 0 Å². The van der Waals surface area contributed by atoms with Gasteiger partial charge in [0.2, 0.25) is 0 Å². The Hall–Kier alpha value is -3.81. The van der Waals surface area contributed by atoms with Crippen LogP contribution in [0.5, 0.6) is 11.5 Å². The highest BCUT2D eigenvalue weighted by Crippen LogP contribution is 2.33. The molecule has 0 unspecified atom stereocenters. The fraction of sp³-hybridized carbons (Fsp3) is 0.333. The SMILES string of the molecule is CCCCn1c(-c2ccccc2C)nc(Cl)c1CN(Cc1ccc(C(=O)OC)cc1)Cc1ccc2c(c1)OCCO2. The fourth-order valence-electron chi connectivity index (χ4n) is 5.14. The average Bonchev–Trinajstić information content (AvgIpc) is 3.30. The second-order valence-electron chi connectivity index (χ2n) is 10.3. The van der Waals surface area contributed by atoms with Gasteiger partial charge >= 0.3 is 5.97 Å². The van der Waals surface area contributed by atoms with Gasteiger partial charge in [-0.25, -0.2) is 9.78 Å². The Kier molecular flexibility index (Phi) is 9.27. The van der Waals surface area contributed by atoms with Crippen molar-refractivity contribution in [3.8, 4) is 22.9 Å². The molecule has 0 saturated heterocycles. The minimum atomic E-state index is -0.347. The molecule has 4 aromatic rings. The zero-order valence-corrected chi connectivity index (χ0v) is 24.6. The molecule has 0 N–H and O–H groups in total. The van der Waals surface area contributed by atoms with Crippen LogP contribution in [0.2, 0.25) is 5.15 Å². The minimum Gasteiger partial charge on any atom is -0.486 e. The molecule has 0 fully saturated rings. The lowest BCUT2D eigenvalue weighted by Crippen LogP contribution is -2.25. The van der Waals surface area contributed by atoms with Crippen LogP contribution in [0.15, 0.2) is 66.7 Å². The standard InChI is InChI=1S/C33H36ClN3O4/c1-4-5-16-37-28(31(34)35-32(37)27-9-7-6-8-23(27)2)22-36(20-24-10-13-26(14-11-24)33(38)39-3)21-25-12-15-29-30(19-25)41-18-17-40-29/h6-15,19H,4-5,16-18,20-22H2,1-3H3. The minimum absolute atomic E-state index is 0.347. The van der Waals surface area contributed by atoms with Gasteiger partial charge in [0, 0.05) is 31.7 Å². The molecule has 1 aliphatic heterocycles. The number of aromatic nitrogens is 2. The number of carbonyl (C=O) groups excluding carboxylic acids is 1. The van der Waals surface area contributed by atoms with E-state index in [9.17, 15) is 4.79 Å². The van der Waals surface area contributed by atoms with E-state index < -0.39 is 0 Å². The maximum absolute atomic E-state index is 12.0. The van der Waals surface area contributed by atoms with Crippen molar-refractivity contribution in [2.45, 2.75) is 52.9 Å². The highest BCUT2D eigenvalue weighted by Gasteiger charge is 2.22. The number of benzene rings is 3. The smallest absolute Gasteiger partial charge is 0.337 e. The van der Waals surface area contributed by atoms with Crippen LogP contribution in [0.4, 0.5) is 0 Å². The van der Waals surface area contributed by atoms with Gasteiger partial charge in [-0.3, -0.25) is 4.90 Å². The van der Waals surface area contributed by atoms with E-state index in [1.807, 2.05) is 30.3 Å². The third-order valence-corrected chi connectivity index (χ3v) is 7.61. The van der Waals surface area contributed by atoms with E-state index in [1.54, 1.807) is 12.1 Å². The second kappa shape index (κ2) is 13.2. The van der Waals surface area contributed by atoms with Gasteiger partial charge in [-0.05, 0) is 54.3 Å². The van der Waals surface area contributed by atoms with Crippen LogP contribution in [0, 0.1) is 6.92 Å². The summed E-state index contributed by atoms with van der Waals surface area (Å²) in [7, 11) is 1.39. The first-order chi connectivity index (χ1) is 20.0. The molecule has 0 atom stereocenters. The van der Waals surface area contributed by atoms with Gasteiger partial charge in [0.05, 0.1) is 18.4 Å². The summed E-state index contributed by atoms with van der Waals surface area (Å²) in [6, 6.07) is 22.0. The Morgan fingerprint density at radius 3 is 2.41 bits per heavy atom. The van der Waals surface area contributed by atoms with Gasteiger partial charge in [0.15, 0.2) is 16.7 Å². The molecule has 0 radical (unpaired) electrons. The molecule has 41 heavy (non-hydrogen) atoms. The van der Waals surface area contributed by atoms with Gasteiger partial charge in [0.25, 0.3) is 0 Å². The van der Waals surface area contributed by atoms with Crippen molar-refractivity contribution in [3.05, 3.63) is 99.8 Å². The summed E-state index contributed by atoms with van der Waals surface area (Å²) < 4.78 is 18.7. The van der Waals surface area contributed by atoms with Crippen molar-refractivity contribution >= 4 is 17.6 Å². The lowest BCUT2D eigenvalue weighted by Gasteiger charge is -2.25. The molecule has 0 amide bonds.